The van der Waals surface area contributed by atoms with Gasteiger partial charge in [-0.15, -0.1) is 0 Å². The van der Waals surface area contributed by atoms with Gasteiger partial charge in [0.15, 0.2) is 11.6 Å². The van der Waals surface area contributed by atoms with E-state index >= 15 is 0 Å². The second kappa shape index (κ2) is 4.85. The van der Waals surface area contributed by atoms with Crippen LogP contribution in [0, 0.1) is 11.6 Å². The third-order valence-electron chi connectivity index (χ3n) is 3.83. The van der Waals surface area contributed by atoms with Crippen LogP contribution in [0.5, 0.6) is 0 Å². The van der Waals surface area contributed by atoms with E-state index in [1.54, 1.807) is 0 Å². The molecule has 3 rings (SSSR count). The summed E-state index contributed by atoms with van der Waals surface area (Å²) >= 11 is 0. The zero-order valence-corrected chi connectivity index (χ0v) is 10.8. The number of aromatic nitrogens is 2. The Labute approximate surface area is 114 Å². The van der Waals surface area contributed by atoms with E-state index in [1.807, 2.05) is 0 Å². The van der Waals surface area contributed by atoms with Gasteiger partial charge in [0.2, 0.25) is 0 Å². The van der Waals surface area contributed by atoms with Crippen LogP contribution in [0.1, 0.15) is 37.4 Å². The summed E-state index contributed by atoms with van der Waals surface area (Å²) in [6, 6.07) is 2.06. The highest BCUT2D eigenvalue weighted by molar-refractivity contribution is 5.78. The first-order valence-corrected chi connectivity index (χ1v) is 6.63. The smallest absolute Gasteiger partial charge is 0.323 e. The number of benzene rings is 1. The van der Waals surface area contributed by atoms with Gasteiger partial charge in [0, 0.05) is 18.1 Å². The first-order valence-electron chi connectivity index (χ1n) is 6.63. The fourth-order valence-corrected chi connectivity index (χ4v) is 2.94. The molecule has 1 aliphatic carbocycles. The van der Waals surface area contributed by atoms with Crippen LogP contribution in [-0.4, -0.2) is 20.6 Å². The van der Waals surface area contributed by atoms with Gasteiger partial charge in [0.1, 0.15) is 12.4 Å². The minimum atomic E-state index is -1.02. The number of imidazole rings is 1. The van der Waals surface area contributed by atoms with Crippen LogP contribution >= 0.6 is 0 Å². The number of rotatable bonds is 3. The highest BCUT2D eigenvalue weighted by Gasteiger charge is 2.25. The van der Waals surface area contributed by atoms with Gasteiger partial charge in [-0.3, -0.25) is 4.79 Å². The van der Waals surface area contributed by atoms with Gasteiger partial charge in [-0.2, -0.15) is 0 Å². The predicted molar refractivity (Wildman–Crippen MR) is 68.5 cm³/mol. The minimum Gasteiger partial charge on any atom is -0.480 e. The molecule has 1 aromatic heterocycles. The maximum Gasteiger partial charge on any atom is 0.323 e. The number of carbonyl (C=O) groups is 1. The summed E-state index contributed by atoms with van der Waals surface area (Å²) in [6.45, 7) is -0.284. The topological polar surface area (TPSA) is 55.1 Å². The van der Waals surface area contributed by atoms with E-state index in [2.05, 4.69) is 4.98 Å². The average molecular weight is 280 g/mol. The lowest BCUT2D eigenvalue weighted by Crippen LogP contribution is -2.13. The quantitative estimate of drug-likeness (QED) is 0.940. The third kappa shape index (κ3) is 2.15. The van der Waals surface area contributed by atoms with Gasteiger partial charge < -0.3 is 9.67 Å². The molecule has 1 heterocycles. The van der Waals surface area contributed by atoms with Crippen LogP contribution in [-0.2, 0) is 11.3 Å². The normalized spacial score (nSPS) is 16.1. The molecule has 20 heavy (non-hydrogen) atoms. The van der Waals surface area contributed by atoms with Crippen LogP contribution in [0.25, 0.3) is 11.0 Å². The largest absolute Gasteiger partial charge is 0.480 e. The summed E-state index contributed by atoms with van der Waals surface area (Å²) < 4.78 is 28.2. The lowest BCUT2D eigenvalue weighted by atomic mass is 10.1. The van der Waals surface area contributed by atoms with Crippen molar-refractivity contribution in [2.24, 2.45) is 0 Å². The van der Waals surface area contributed by atoms with Crippen molar-refractivity contribution >= 4 is 17.0 Å². The lowest BCUT2D eigenvalue weighted by molar-refractivity contribution is -0.137. The van der Waals surface area contributed by atoms with E-state index in [1.165, 1.54) is 4.57 Å². The molecule has 0 bridgehead atoms. The molecule has 1 fully saturated rings. The zero-order valence-electron chi connectivity index (χ0n) is 10.8. The fourth-order valence-electron chi connectivity index (χ4n) is 2.94. The summed E-state index contributed by atoms with van der Waals surface area (Å²) in [4.78, 5) is 15.4. The predicted octanol–water partition coefficient (Wildman–Crippen LogP) is 3.06. The van der Waals surface area contributed by atoms with Gasteiger partial charge in [-0.25, -0.2) is 13.8 Å². The van der Waals surface area contributed by atoms with Gasteiger partial charge in [0.25, 0.3) is 0 Å². The Kier molecular flexibility index (Phi) is 3.16. The summed E-state index contributed by atoms with van der Waals surface area (Å²) in [5, 5.41) is 9.02. The van der Waals surface area contributed by atoms with Crippen LogP contribution in [0.3, 0.4) is 0 Å². The van der Waals surface area contributed by atoms with Gasteiger partial charge in [-0.1, -0.05) is 12.8 Å². The summed E-state index contributed by atoms with van der Waals surface area (Å²) in [7, 11) is 0. The second-order valence-electron chi connectivity index (χ2n) is 5.19. The molecule has 6 heteroatoms. The van der Waals surface area contributed by atoms with Crippen molar-refractivity contribution in [3.8, 4) is 0 Å². The van der Waals surface area contributed by atoms with Crippen LogP contribution in [0.15, 0.2) is 12.1 Å². The minimum absolute atomic E-state index is 0.174. The van der Waals surface area contributed by atoms with E-state index in [9.17, 15) is 13.6 Å². The standard InChI is InChI=1S/C14H14F2N2O2/c15-9-5-11-12(6-10(9)16)18(7-13(19)20)14(17-11)8-3-1-2-4-8/h5-6,8H,1-4,7H2,(H,19,20). The maximum absolute atomic E-state index is 13.4. The van der Waals surface area contributed by atoms with E-state index in [-0.39, 0.29) is 12.5 Å². The molecule has 0 atom stereocenters. The van der Waals surface area contributed by atoms with Crippen molar-refractivity contribution in [1.82, 2.24) is 9.55 Å². The highest BCUT2D eigenvalue weighted by atomic mass is 19.2. The summed E-state index contributed by atoms with van der Waals surface area (Å²) in [6.07, 6.45) is 4.02. The molecule has 0 saturated heterocycles. The molecule has 0 radical (unpaired) electrons. The molecular weight excluding hydrogens is 266 g/mol. The summed E-state index contributed by atoms with van der Waals surface area (Å²) in [5.74, 6) is -2.16. The average Bonchev–Trinajstić information content (AvgIpc) is 2.99. The molecule has 1 aromatic carbocycles. The molecule has 106 valence electrons. The fraction of sp³-hybridized carbons (Fsp3) is 0.429. The number of aliphatic carboxylic acids is 1. The van der Waals surface area contributed by atoms with Crippen molar-refractivity contribution < 1.29 is 18.7 Å². The number of nitrogens with zero attached hydrogens (tertiary/aromatic N) is 2. The van der Waals surface area contributed by atoms with E-state index in [4.69, 9.17) is 5.11 Å². The molecule has 1 saturated carbocycles. The first kappa shape index (κ1) is 13.0. The van der Waals surface area contributed by atoms with E-state index < -0.39 is 17.6 Å². The molecule has 0 unspecified atom stereocenters. The van der Waals surface area contributed by atoms with Gasteiger partial charge >= 0.3 is 5.97 Å². The monoisotopic (exact) mass is 280 g/mol. The molecule has 1 aliphatic rings. The second-order valence-corrected chi connectivity index (χ2v) is 5.19. The highest BCUT2D eigenvalue weighted by Crippen LogP contribution is 2.35. The Morgan fingerprint density at radius 1 is 1.30 bits per heavy atom. The summed E-state index contributed by atoms with van der Waals surface area (Å²) in [5.41, 5.74) is 0.653. The Morgan fingerprint density at radius 2 is 1.95 bits per heavy atom. The van der Waals surface area contributed by atoms with Crippen molar-refractivity contribution in [3.63, 3.8) is 0 Å². The number of carboxylic acid groups (broad SMARTS) is 1. The number of hydrogen-bond acceptors (Lipinski definition) is 2. The molecule has 2 aromatic rings. The van der Waals surface area contributed by atoms with E-state index in [0.717, 1.165) is 37.8 Å². The van der Waals surface area contributed by atoms with Crippen molar-refractivity contribution in [1.29, 1.82) is 0 Å². The number of carboxylic acids is 1. The molecule has 0 spiro atoms. The Balaban J connectivity index is 2.18. The van der Waals surface area contributed by atoms with Gasteiger partial charge in [0.05, 0.1) is 11.0 Å². The molecule has 0 amide bonds. The molecule has 1 N–H and O–H groups in total. The number of fused-ring (bicyclic) bond motifs is 1. The SMILES string of the molecule is O=C(O)Cn1c(C2CCCC2)nc2cc(F)c(F)cc21. The zero-order chi connectivity index (χ0) is 14.3. The van der Waals surface area contributed by atoms with Crippen molar-refractivity contribution in [2.45, 2.75) is 38.1 Å². The molecular formula is C14H14F2N2O2. The van der Waals surface area contributed by atoms with Crippen molar-refractivity contribution in [3.05, 3.63) is 29.6 Å². The third-order valence-corrected chi connectivity index (χ3v) is 3.83. The van der Waals surface area contributed by atoms with Crippen LogP contribution in [0.2, 0.25) is 0 Å². The molecule has 4 nitrogen and oxygen atoms in total. The van der Waals surface area contributed by atoms with Crippen LogP contribution < -0.4 is 0 Å². The Morgan fingerprint density at radius 3 is 2.60 bits per heavy atom. The first-order chi connectivity index (χ1) is 9.56. The van der Waals surface area contributed by atoms with E-state index in [0.29, 0.717) is 16.9 Å². The number of hydrogen-bond donors (Lipinski definition) is 1. The Hall–Kier alpha value is -1.98. The maximum atomic E-state index is 13.4. The Bertz CT molecular complexity index is 675. The van der Waals surface area contributed by atoms with Crippen LogP contribution in [0.4, 0.5) is 8.78 Å². The van der Waals surface area contributed by atoms with Crippen molar-refractivity contribution in [2.75, 3.05) is 0 Å². The lowest BCUT2D eigenvalue weighted by Gasteiger charge is -2.11. The molecule has 0 aliphatic heterocycles. The van der Waals surface area contributed by atoms with Gasteiger partial charge in [-0.05, 0) is 12.8 Å². The number of halogens is 2.